The number of nitrogens with zero attached hydrogens (tertiary/aromatic N) is 2. The molecule has 29 heavy (non-hydrogen) atoms. The molecule has 0 amide bonds. The van der Waals surface area contributed by atoms with Crippen LogP contribution < -0.4 is 15.4 Å². The number of guanidine groups is 1. The van der Waals surface area contributed by atoms with Crippen molar-refractivity contribution in [3.63, 3.8) is 0 Å². The Morgan fingerprint density at radius 3 is 2.66 bits per heavy atom. The van der Waals surface area contributed by atoms with Gasteiger partial charge < -0.3 is 24.9 Å². The Morgan fingerprint density at radius 1 is 1.17 bits per heavy atom. The van der Waals surface area contributed by atoms with E-state index in [4.69, 9.17) is 9.15 Å². The number of aromatic nitrogens is 1. The number of hydrogen-bond donors (Lipinski definition) is 3. The van der Waals surface area contributed by atoms with Crippen molar-refractivity contribution < 1.29 is 14.3 Å². The van der Waals surface area contributed by atoms with Gasteiger partial charge in [-0.2, -0.15) is 0 Å². The molecule has 7 nitrogen and oxygen atoms in total. The maximum Gasteiger partial charge on any atom is 0.226 e. The van der Waals surface area contributed by atoms with Crippen LogP contribution in [-0.4, -0.2) is 29.7 Å². The molecule has 0 aliphatic rings. The van der Waals surface area contributed by atoms with Gasteiger partial charge in [0.15, 0.2) is 17.5 Å². The van der Waals surface area contributed by atoms with Crippen LogP contribution in [0, 0.1) is 0 Å². The molecule has 0 saturated heterocycles. The van der Waals surface area contributed by atoms with Crippen molar-refractivity contribution in [2.45, 2.75) is 20.0 Å². The number of aliphatic imine (C=N–C) groups is 1. The van der Waals surface area contributed by atoms with E-state index in [1.807, 2.05) is 43.3 Å². The average molecular weight is 508 g/mol. The quantitative estimate of drug-likeness (QED) is 0.255. The molecule has 1 heterocycles. The third kappa shape index (κ3) is 6.38. The van der Waals surface area contributed by atoms with Crippen molar-refractivity contribution >= 4 is 29.9 Å². The summed E-state index contributed by atoms with van der Waals surface area (Å²) in [5, 5.41) is 16.3. The Labute approximate surface area is 187 Å². The van der Waals surface area contributed by atoms with Gasteiger partial charge in [-0.25, -0.2) is 9.98 Å². The lowest BCUT2D eigenvalue weighted by Gasteiger charge is -2.10. The van der Waals surface area contributed by atoms with Crippen molar-refractivity contribution in [3.05, 3.63) is 66.1 Å². The molecule has 0 atom stereocenters. The minimum absolute atomic E-state index is 0. The van der Waals surface area contributed by atoms with Gasteiger partial charge in [0.1, 0.15) is 6.26 Å². The SMILES string of the molecule is CCNC(=NCc1ccc(OC)c(O)c1)NCc1coc(-c2ccccc2)n1.I. The fourth-order valence-electron chi connectivity index (χ4n) is 2.62. The Morgan fingerprint density at radius 2 is 1.97 bits per heavy atom. The van der Waals surface area contributed by atoms with Crippen LogP contribution in [0.4, 0.5) is 0 Å². The first kappa shape index (κ1) is 22.5. The van der Waals surface area contributed by atoms with Gasteiger partial charge in [0.05, 0.1) is 25.9 Å². The molecule has 3 aromatic rings. The van der Waals surface area contributed by atoms with E-state index in [1.165, 1.54) is 7.11 Å². The number of rotatable bonds is 7. The molecule has 0 aliphatic carbocycles. The van der Waals surface area contributed by atoms with Gasteiger partial charge >= 0.3 is 0 Å². The highest BCUT2D eigenvalue weighted by molar-refractivity contribution is 14.0. The molecule has 0 saturated carbocycles. The minimum Gasteiger partial charge on any atom is -0.504 e. The fourth-order valence-corrected chi connectivity index (χ4v) is 2.62. The van der Waals surface area contributed by atoms with Gasteiger partial charge in [-0.1, -0.05) is 24.3 Å². The van der Waals surface area contributed by atoms with Crippen LogP contribution in [0.1, 0.15) is 18.2 Å². The highest BCUT2D eigenvalue weighted by Gasteiger charge is 2.07. The largest absolute Gasteiger partial charge is 0.504 e. The molecule has 1 aromatic heterocycles. The van der Waals surface area contributed by atoms with E-state index in [-0.39, 0.29) is 29.7 Å². The lowest BCUT2D eigenvalue weighted by Crippen LogP contribution is -2.36. The second kappa shape index (κ2) is 11.3. The Bertz CT molecular complexity index is 929. The molecule has 3 N–H and O–H groups in total. The highest BCUT2D eigenvalue weighted by Crippen LogP contribution is 2.26. The van der Waals surface area contributed by atoms with Crippen molar-refractivity contribution in [1.29, 1.82) is 0 Å². The molecule has 0 fully saturated rings. The zero-order valence-electron chi connectivity index (χ0n) is 16.4. The summed E-state index contributed by atoms with van der Waals surface area (Å²) in [6, 6.07) is 15.0. The number of aromatic hydroxyl groups is 1. The summed E-state index contributed by atoms with van der Waals surface area (Å²) in [4.78, 5) is 9.05. The first-order chi connectivity index (χ1) is 13.7. The molecule has 0 radical (unpaired) electrons. The van der Waals surface area contributed by atoms with Crippen molar-refractivity contribution in [2.75, 3.05) is 13.7 Å². The summed E-state index contributed by atoms with van der Waals surface area (Å²) in [6.45, 7) is 3.63. The number of phenols is 1. The second-order valence-electron chi connectivity index (χ2n) is 6.06. The monoisotopic (exact) mass is 508 g/mol. The van der Waals surface area contributed by atoms with Crippen LogP contribution in [0.3, 0.4) is 0 Å². The molecule has 0 bridgehead atoms. The van der Waals surface area contributed by atoms with Crippen molar-refractivity contribution in [1.82, 2.24) is 15.6 Å². The molecular formula is C21H25IN4O3. The van der Waals surface area contributed by atoms with Gasteiger partial charge in [-0.3, -0.25) is 0 Å². The lowest BCUT2D eigenvalue weighted by molar-refractivity contribution is 0.373. The van der Waals surface area contributed by atoms with Crippen molar-refractivity contribution in [2.24, 2.45) is 4.99 Å². The summed E-state index contributed by atoms with van der Waals surface area (Å²) >= 11 is 0. The Balaban J connectivity index is 0.00000300. The Hall–Kier alpha value is -2.75. The first-order valence-corrected chi connectivity index (χ1v) is 9.07. The zero-order chi connectivity index (χ0) is 19.8. The number of benzene rings is 2. The number of methoxy groups -OCH3 is 1. The van der Waals surface area contributed by atoms with E-state index < -0.39 is 0 Å². The minimum atomic E-state index is 0. The maximum absolute atomic E-state index is 9.88. The van der Waals surface area contributed by atoms with Gasteiger partial charge in [0, 0.05) is 12.1 Å². The van der Waals surface area contributed by atoms with Crippen LogP contribution in [0.25, 0.3) is 11.5 Å². The summed E-state index contributed by atoms with van der Waals surface area (Å²) in [5.41, 5.74) is 2.60. The number of oxazole rings is 1. The molecule has 154 valence electrons. The molecule has 3 rings (SSSR count). The zero-order valence-corrected chi connectivity index (χ0v) is 18.7. The predicted molar refractivity (Wildman–Crippen MR) is 124 cm³/mol. The number of nitrogens with one attached hydrogen (secondary N) is 2. The van der Waals surface area contributed by atoms with Crippen LogP contribution >= 0.6 is 24.0 Å². The molecule has 0 spiro atoms. The second-order valence-corrected chi connectivity index (χ2v) is 6.06. The number of hydrogen-bond acceptors (Lipinski definition) is 5. The van der Waals surface area contributed by atoms with E-state index in [1.54, 1.807) is 18.4 Å². The van der Waals surface area contributed by atoms with Crippen LogP contribution in [0.5, 0.6) is 11.5 Å². The Kier molecular flexibility index (Phi) is 8.78. The average Bonchev–Trinajstić information content (AvgIpc) is 3.20. The maximum atomic E-state index is 9.88. The third-order valence-corrected chi connectivity index (χ3v) is 4.02. The van der Waals surface area contributed by atoms with Crippen LogP contribution in [-0.2, 0) is 13.1 Å². The molecular weight excluding hydrogens is 483 g/mol. The van der Waals surface area contributed by atoms with Gasteiger partial charge in [0.2, 0.25) is 5.89 Å². The van der Waals surface area contributed by atoms with E-state index in [0.29, 0.717) is 30.7 Å². The van der Waals surface area contributed by atoms with Crippen molar-refractivity contribution in [3.8, 4) is 23.0 Å². The van der Waals surface area contributed by atoms with E-state index >= 15 is 0 Å². The normalized spacial score (nSPS) is 10.9. The summed E-state index contributed by atoms with van der Waals surface area (Å²) in [7, 11) is 1.52. The standard InChI is InChI=1S/C21H24N4O3.HI/c1-3-22-21(23-12-15-9-10-19(27-2)18(26)11-15)24-13-17-14-28-20(25-17)16-7-5-4-6-8-16;/h4-11,14,26H,3,12-13H2,1-2H3,(H2,22,23,24);1H. The predicted octanol–water partition coefficient (Wildman–Crippen LogP) is 3.93. The summed E-state index contributed by atoms with van der Waals surface area (Å²) < 4.78 is 10.6. The topological polar surface area (TPSA) is 91.9 Å². The number of ether oxygens (including phenoxy) is 1. The molecule has 0 aliphatic heterocycles. The van der Waals surface area contributed by atoms with E-state index in [2.05, 4.69) is 20.6 Å². The van der Waals surface area contributed by atoms with Gasteiger partial charge in [-0.05, 0) is 36.8 Å². The van der Waals surface area contributed by atoms with E-state index in [9.17, 15) is 5.11 Å². The lowest BCUT2D eigenvalue weighted by atomic mass is 10.2. The van der Waals surface area contributed by atoms with Gasteiger partial charge in [0.25, 0.3) is 0 Å². The smallest absolute Gasteiger partial charge is 0.226 e. The summed E-state index contributed by atoms with van der Waals surface area (Å²) in [5.74, 6) is 1.79. The van der Waals surface area contributed by atoms with Crippen LogP contribution in [0.2, 0.25) is 0 Å². The molecule has 0 unspecified atom stereocenters. The first-order valence-electron chi connectivity index (χ1n) is 9.07. The highest BCUT2D eigenvalue weighted by atomic mass is 127. The molecule has 2 aromatic carbocycles. The number of halogens is 1. The third-order valence-electron chi connectivity index (χ3n) is 4.02. The molecule has 8 heteroatoms. The fraction of sp³-hybridized carbons (Fsp3) is 0.238. The number of phenolic OH excluding ortho intramolecular Hbond substituents is 1. The summed E-state index contributed by atoms with van der Waals surface area (Å²) in [6.07, 6.45) is 1.64. The van der Waals surface area contributed by atoms with Crippen LogP contribution in [0.15, 0.2) is 64.2 Å². The van der Waals surface area contributed by atoms with Gasteiger partial charge in [-0.15, -0.1) is 24.0 Å². The van der Waals surface area contributed by atoms with E-state index in [0.717, 1.165) is 23.4 Å².